The van der Waals surface area contributed by atoms with E-state index in [-0.39, 0.29) is 17.1 Å². The van der Waals surface area contributed by atoms with Crippen LogP contribution in [0.3, 0.4) is 0 Å². The van der Waals surface area contributed by atoms with Crippen LogP contribution < -0.4 is 0 Å². The van der Waals surface area contributed by atoms with Gasteiger partial charge >= 0.3 is 5.90 Å². The summed E-state index contributed by atoms with van der Waals surface area (Å²) in [5.41, 5.74) is 2.97. The van der Waals surface area contributed by atoms with Gasteiger partial charge in [-0.05, 0) is 52.7 Å². The summed E-state index contributed by atoms with van der Waals surface area (Å²) in [5, 5.41) is 0. The van der Waals surface area contributed by atoms with Crippen molar-refractivity contribution < 1.29 is 9.31 Å². The summed E-state index contributed by atoms with van der Waals surface area (Å²) in [4.78, 5) is 0. The molecule has 2 nitrogen and oxygen atoms in total. The van der Waals surface area contributed by atoms with Crippen molar-refractivity contribution in [3.05, 3.63) is 35.4 Å². The Morgan fingerprint density at radius 2 is 1.73 bits per heavy atom. The molecule has 3 rings (SSSR count). The molecule has 22 heavy (non-hydrogen) atoms. The molecular weight excluding hydrogens is 270 g/mol. The van der Waals surface area contributed by atoms with E-state index < -0.39 is 0 Å². The molecule has 0 fully saturated rings. The van der Waals surface area contributed by atoms with Crippen LogP contribution in [-0.4, -0.2) is 28.2 Å². The fraction of sp³-hybridized carbons (Fsp3) is 0.650. The van der Waals surface area contributed by atoms with Crippen molar-refractivity contribution in [1.29, 1.82) is 0 Å². The Morgan fingerprint density at radius 1 is 1.09 bits per heavy atom. The zero-order valence-corrected chi connectivity index (χ0v) is 15.1. The normalized spacial score (nSPS) is 29.6. The Labute approximate surface area is 135 Å². The van der Waals surface area contributed by atoms with E-state index in [9.17, 15) is 0 Å². The summed E-state index contributed by atoms with van der Waals surface area (Å²) >= 11 is 0. The second-order valence-electron chi connectivity index (χ2n) is 8.20. The van der Waals surface area contributed by atoms with E-state index in [1.807, 2.05) is 0 Å². The first-order valence-corrected chi connectivity index (χ1v) is 8.62. The van der Waals surface area contributed by atoms with E-state index in [1.165, 1.54) is 17.0 Å². The third-order valence-corrected chi connectivity index (χ3v) is 6.00. The maximum atomic E-state index is 6.54. The molecule has 0 radical (unpaired) electrons. The minimum atomic E-state index is -0.00484. The average Bonchev–Trinajstić information content (AvgIpc) is 2.74. The number of nitrogens with zero attached hydrogens (tertiary/aromatic N) is 1. The van der Waals surface area contributed by atoms with Crippen molar-refractivity contribution in [2.45, 2.75) is 78.0 Å². The third kappa shape index (κ3) is 1.82. The summed E-state index contributed by atoms with van der Waals surface area (Å²) in [6, 6.07) is 9.35. The monoisotopic (exact) mass is 300 g/mol. The van der Waals surface area contributed by atoms with Crippen LogP contribution in [0.2, 0.25) is 0 Å². The van der Waals surface area contributed by atoms with E-state index in [2.05, 4.69) is 77.3 Å². The van der Waals surface area contributed by atoms with Crippen LogP contribution in [-0.2, 0) is 16.6 Å². The zero-order valence-electron chi connectivity index (χ0n) is 15.1. The standard InChI is InChI=1S/C20H30NO/c1-13(2)18-21(14(3)4)20(7)17(22-18)12-15-10-8-9-11-16(15)19(20,5)6/h8-11,13-14,17H,12H2,1-7H3/q+1/t17-,20?/m1/s1. The Hall–Kier alpha value is -1.31. The maximum absolute atomic E-state index is 6.54. The van der Waals surface area contributed by atoms with Gasteiger partial charge in [0, 0.05) is 13.3 Å². The lowest BCUT2D eigenvalue weighted by atomic mass is 9.59. The van der Waals surface area contributed by atoms with Crippen LogP contribution in [0.4, 0.5) is 0 Å². The molecule has 0 N–H and O–H groups in total. The number of rotatable bonds is 2. The van der Waals surface area contributed by atoms with Crippen LogP contribution in [0, 0.1) is 5.92 Å². The highest BCUT2D eigenvalue weighted by molar-refractivity contribution is 5.75. The van der Waals surface area contributed by atoms with Crippen molar-refractivity contribution in [2.24, 2.45) is 5.92 Å². The van der Waals surface area contributed by atoms with Crippen LogP contribution in [0.25, 0.3) is 0 Å². The SMILES string of the molecule is CC(C)C1=[N+](C(C)C)C2(C)[C@@H](Cc3ccccc3C2(C)C)O1. The second kappa shape index (κ2) is 4.84. The summed E-state index contributed by atoms with van der Waals surface area (Å²) in [6.45, 7) is 16.2. The first kappa shape index (κ1) is 15.6. The summed E-state index contributed by atoms with van der Waals surface area (Å²) in [5.74, 6) is 1.59. The van der Waals surface area contributed by atoms with Crippen molar-refractivity contribution in [2.75, 3.05) is 0 Å². The molecule has 0 aromatic heterocycles. The van der Waals surface area contributed by atoms with Crippen LogP contribution >= 0.6 is 0 Å². The van der Waals surface area contributed by atoms with Crippen molar-refractivity contribution in [3.8, 4) is 0 Å². The third-order valence-electron chi connectivity index (χ3n) is 6.00. The molecule has 120 valence electrons. The van der Waals surface area contributed by atoms with E-state index in [1.54, 1.807) is 0 Å². The van der Waals surface area contributed by atoms with Crippen LogP contribution in [0.5, 0.6) is 0 Å². The largest absolute Gasteiger partial charge is 0.437 e. The summed E-state index contributed by atoms with van der Waals surface area (Å²) < 4.78 is 9.11. The molecule has 1 unspecified atom stereocenters. The van der Waals surface area contributed by atoms with Gasteiger partial charge in [0.15, 0.2) is 12.1 Å². The molecule has 0 amide bonds. The molecule has 2 aliphatic rings. The van der Waals surface area contributed by atoms with Crippen LogP contribution in [0.1, 0.15) is 59.6 Å². The molecule has 1 heterocycles. The lowest BCUT2D eigenvalue weighted by Gasteiger charge is -2.46. The average molecular weight is 300 g/mol. The second-order valence-corrected chi connectivity index (χ2v) is 8.20. The Bertz CT molecular complexity index is 626. The van der Waals surface area contributed by atoms with Gasteiger partial charge in [-0.3, -0.25) is 0 Å². The van der Waals surface area contributed by atoms with Gasteiger partial charge < -0.3 is 4.74 Å². The predicted octanol–water partition coefficient (Wildman–Crippen LogP) is 4.15. The van der Waals surface area contributed by atoms with Crippen molar-refractivity contribution in [1.82, 2.24) is 0 Å². The first-order chi connectivity index (χ1) is 10.2. The van der Waals surface area contributed by atoms with E-state index in [0.717, 1.165) is 6.42 Å². The summed E-state index contributed by atoms with van der Waals surface area (Å²) in [6.07, 6.45) is 1.24. The van der Waals surface area contributed by atoms with Gasteiger partial charge in [0.05, 0.1) is 11.3 Å². The number of fused-ring (bicyclic) bond motifs is 2. The highest BCUT2D eigenvalue weighted by Crippen LogP contribution is 2.50. The van der Waals surface area contributed by atoms with Gasteiger partial charge in [0.25, 0.3) is 0 Å². The molecule has 0 spiro atoms. The van der Waals surface area contributed by atoms with E-state index in [0.29, 0.717) is 12.0 Å². The molecule has 0 bridgehead atoms. The highest BCUT2D eigenvalue weighted by Gasteiger charge is 2.66. The zero-order chi connectivity index (χ0) is 16.3. The van der Waals surface area contributed by atoms with E-state index in [4.69, 9.17) is 4.74 Å². The number of ether oxygens (including phenoxy) is 1. The Kier molecular flexibility index (Phi) is 3.43. The molecule has 0 saturated carbocycles. The molecule has 1 aliphatic heterocycles. The van der Waals surface area contributed by atoms with Gasteiger partial charge in [-0.1, -0.05) is 24.3 Å². The van der Waals surface area contributed by atoms with Crippen LogP contribution in [0.15, 0.2) is 24.3 Å². The van der Waals surface area contributed by atoms with Gasteiger partial charge in [-0.25, -0.2) is 0 Å². The first-order valence-electron chi connectivity index (χ1n) is 8.62. The Balaban J connectivity index is 2.23. The molecule has 1 aromatic rings. The van der Waals surface area contributed by atoms with Gasteiger partial charge in [0.2, 0.25) is 5.54 Å². The van der Waals surface area contributed by atoms with Crippen molar-refractivity contribution in [3.63, 3.8) is 0 Å². The van der Waals surface area contributed by atoms with E-state index >= 15 is 0 Å². The molecule has 2 atom stereocenters. The number of benzene rings is 1. The Morgan fingerprint density at radius 3 is 2.32 bits per heavy atom. The lowest BCUT2D eigenvalue weighted by molar-refractivity contribution is -0.638. The quantitative estimate of drug-likeness (QED) is 0.747. The van der Waals surface area contributed by atoms with Crippen molar-refractivity contribution >= 4 is 5.90 Å². The fourth-order valence-corrected chi connectivity index (χ4v) is 4.63. The maximum Gasteiger partial charge on any atom is 0.340 e. The topological polar surface area (TPSA) is 12.2 Å². The van der Waals surface area contributed by atoms with Gasteiger partial charge in [-0.15, -0.1) is 0 Å². The number of hydrogen-bond donors (Lipinski definition) is 0. The predicted molar refractivity (Wildman–Crippen MR) is 91.7 cm³/mol. The van der Waals surface area contributed by atoms with Gasteiger partial charge in [-0.2, -0.15) is 4.58 Å². The highest BCUT2D eigenvalue weighted by atomic mass is 16.5. The molecule has 1 aliphatic carbocycles. The molecular formula is C20H30NO+. The fourth-order valence-electron chi connectivity index (χ4n) is 4.63. The lowest BCUT2D eigenvalue weighted by Crippen LogP contribution is -2.63. The smallest absolute Gasteiger partial charge is 0.340 e. The minimum Gasteiger partial charge on any atom is -0.437 e. The molecule has 1 aromatic carbocycles. The molecule has 0 saturated heterocycles. The van der Waals surface area contributed by atoms with Gasteiger partial charge in [0.1, 0.15) is 0 Å². The minimum absolute atomic E-state index is 0.00484. The summed E-state index contributed by atoms with van der Waals surface area (Å²) in [7, 11) is 0. The number of hydrogen-bond acceptors (Lipinski definition) is 1. The molecule has 2 heteroatoms.